The van der Waals surface area contributed by atoms with Crippen molar-refractivity contribution in [3.63, 3.8) is 0 Å². The van der Waals surface area contributed by atoms with Crippen molar-refractivity contribution < 1.29 is 4.58 Å². The van der Waals surface area contributed by atoms with E-state index in [-0.39, 0.29) is 0 Å². The van der Waals surface area contributed by atoms with Crippen LogP contribution in [0, 0.1) is 0 Å². The van der Waals surface area contributed by atoms with E-state index in [1.54, 1.807) is 0 Å². The highest BCUT2D eigenvalue weighted by Crippen LogP contribution is 2.36. The van der Waals surface area contributed by atoms with Crippen molar-refractivity contribution in [3.05, 3.63) is 78.5 Å². The Morgan fingerprint density at radius 3 is 2.55 bits per heavy atom. The van der Waals surface area contributed by atoms with E-state index >= 15 is 0 Å². The molecule has 22 heavy (non-hydrogen) atoms. The van der Waals surface area contributed by atoms with Crippen LogP contribution in [0.25, 0.3) is 11.3 Å². The molecule has 3 heteroatoms. The van der Waals surface area contributed by atoms with Crippen molar-refractivity contribution in [1.82, 2.24) is 4.98 Å². The molecule has 0 N–H and O–H groups in total. The summed E-state index contributed by atoms with van der Waals surface area (Å²) in [6.45, 7) is 0. The van der Waals surface area contributed by atoms with Crippen LogP contribution in [-0.4, -0.2) is 21.7 Å². The van der Waals surface area contributed by atoms with Crippen LogP contribution in [0.15, 0.2) is 77.8 Å². The van der Waals surface area contributed by atoms with E-state index in [1.165, 1.54) is 21.7 Å². The molecule has 2 nitrogen and oxygen atoms in total. The minimum absolute atomic E-state index is 0.918. The highest BCUT2D eigenvalue weighted by atomic mass is 32.2. The smallest absolute Gasteiger partial charge is 0.205 e. The molecule has 0 saturated carbocycles. The molecule has 1 aliphatic rings. The van der Waals surface area contributed by atoms with Crippen LogP contribution in [0.3, 0.4) is 0 Å². The van der Waals surface area contributed by atoms with Gasteiger partial charge in [0.1, 0.15) is 0 Å². The van der Waals surface area contributed by atoms with Crippen LogP contribution in [0.2, 0.25) is 0 Å². The second-order valence-electron chi connectivity index (χ2n) is 5.15. The zero-order chi connectivity index (χ0) is 14.8. The molecule has 0 fully saturated rings. The summed E-state index contributed by atoms with van der Waals surface area (Å²) in [5, 5.41) is 0. The first-order valence-corrected chi connectivity index (χ1v) is 8.24. The van der Waals surface area contributed by atoms with E-state index in [1.807, 2.05) is 36.2 Å². The van der Waals surface area contributed by atoms with Crippen LogP contribution in [0.5, 0.6) is 0 Å². The minimum atomic E-state index is 0.918. The lowest BCUT2D eigenvalue weighted by molar-refractivity contribution is -0.411. The maximum atomic E-state index is 4.49. The number of nitrogens with zero attached hydrogens (tertiary/aromatic N) is 2. The van der Waals surface area contributed by atoms with Crippen molar-refractivity contribution in [1.29, 1.82) is 0 Å². The van der Waals surface area contributed by atoms with Gasteiger partial charge in [-0.3, -0.25) is 4.98 Å². The molecular weight excluding hydrogens is 288 g/mol. The standard InChI is InChI=1S/C19H15N2S/c1-2-8-16(9-3-1)21-13-15-7-6-10-17(19(15)22-14-21)18-11-4-5-12-20-18/h1-13H,14H2/q+1. The largest absolute Gasteiger partial charge is 0.256 e. The van der Waals surface area contributed by atoms with Crippen molar-refractivity contribution >= 4 is 23.7 Å². The van der Waals surface area contributed by atoms with Crippen molar-refractivity contribution in [2.24, 2.45) is 0 Å². The zero-order valence-corrected chi connectivity index (χ0v) is 12.8. The van der Waals surface area contributed by atoms with E-state index in [4.69, 9.17) is 0 Å². The first kappa shape index (κ1) is 13.3. The van der Waals surface area contributed by atoms with Gasteiger partial charge in [-0.15, -0.1) is 0 Å². The molecule has 2 aromatic carbocycles. The first-order chi connectivity index (χ1) is 10.9. The lowest BCUT2D eigenvalue weighted by Crippen LogP contribution is -2.13. The Labute approximate surface area is 134 Å². The Kier molecular flexibility index (Phi) is 3.49. The van der Waals surface area contributed by atoms with E-state index in [9.17, 15) is 0 Å². The van der Waals surface area contributed by atoms with E-state index in [0.29, 0.717) is 0 Å². The van der Waals surface area contributed by atoms with Crippen molar-refractivity contribution in [2.75, 3.05) is 5.88 Å². The van der Waals surface area contributed by atoms with Crippen LogP contribution < -0.4 is 0 Å². The summed E-state index contributed by atoms with van der Waals surface area (Å²) in [7, 11) is 0. The van der Waals surface area contributed by atoms with E-state index in [2.05, 4.69) is 64.3 Å². The predicted molar refractivity (Wildman–Crippen MR) is 91.9 cm³/mol. The molecule has 0 atom stereocenters. The summed E-state index contributed by atoms with van der Waals surface area (Å²) < 4.78 is 2.29. The van der Waals surface area contributed by atoms with Crippen LogP contribution in [-0.2, 0) is 0 Å². The normalized spacial score (nSPS) is 13.4. The zero-order valence-electron chi connectivity index (χ0n) is 12.0. The van der Waals surface area contributed by atoms with Gasteiger partial charge in [0.05, 0.1) is 11.3 Å². The van der Waals surface area contributed by atoms with Crippen molar-refractivity contribution in [2.45, 2.75) is 4.90 Å². The Balaban J connectivity index is 1.80. The highest BCUT2D eigenvalue weighted by molar-refractivity contribution is 7.99. The molecule has 0 spiro atoms. The van der Waals surface area contributed by atoms with Crippen LogP contribution in [0.4, 0.5) is 5.69 Å². The molecular formula is C19H15N2S+. The molecule has 0 unspecified atom stereocenters. The van der Waals surface area contributed by atoms with Gasteiger partial charge in [-0.1, -0.05) is 48.2 Å². The maximum absolute atomic E-state index is 4.49. The molecule has 4 rings (SSSR count). The Hall–Kier alpha value is -2.39. The maximum Gasteiger partial charge on any atom is 0.205 e. The Morgan fingerprint density at radius 1 is 0.864 bits per heavy atom. The fourth-order valence-corrected chi connectivity index (χ4v) is 3.76. The molecule has 0 bridgehead atoms. The third kappa shape index (κ3) is 2.44. The molecule has 3 aromatic rings. The topological polar surface area (TPSA) is 15.9 Å². The van der Waals surface area contributed by atoms with Gasteiger partial charge in [0.25, 0.3) is 0 Å². The summed E-state index contributed by atoms with van der Waals surface area (Å²) in [5.41, 5.74) is 4.73. The summed E-state index contributed by atoms with van der Waals surface area (Å²) in [4.78, 5) is 5.81. The molecule has 0 aliphatic carbocycles. The van der Waals surface area contributed by atoms with Gasteiger partial charge in [0.15, 0.2) is 12.1 Å². The highest BCUT2D eigenvalue weighted by Gasteiger charge is 2.21. The van der Waals surface area contributed by atoms with Gasteiger partial charge in [-0.05, 0) is 18.2 Å². The monoisotopic (exact) mass is 303 g/mol. The van der Waals surface area contributed by atoms with Gasteiger partial charge in [-0.2, -0.15) is 4.58 Å². The third-order valence-electron chi connectivity index (χ3n) is 3.72. The summed E-state index contributed by atoms with van der Waals surface area (Å²) in [6, 6.07) is 23.0. The molecule has 0 amide bonds. The number of aromatic nitrogens is 1. The fourth-order valence-electron chi connectivity index (χ4n) is 2.65. The van der Waals surface area contributed by atoms with E-state index < -0.39 is 0 Å². The predicted octanol–water partition coefficient (Wildman–Crippen LogP) is 4.57. The lowest BCUT2D eigenvalue weighted by Gasteiger charge is -2.15. The fraction of sp³-hybridized carbons (Fsp3) is 0.0526. The van der Waals surface area contributed by atoms with Crippen molar-refractivity contribution in [3.8, 4) is 11.3 Å². The second-order valence-corrected chi connectivity index (χ2v) is 6.10. The molecule has 1 aromatic heterocycles. The molecule has 0 saturated heterocycles. The molecule has 106 valence electrons. The van der Waals surface area contributed by atoms with Crippen LogP contribution in [0.1, 0.15) is 5.56 Å². The van der Waals surface area contributed by atoms with Gasteiger partial charge in [0, 0.05) is 28.8 Å². The quantitative estimate of drug-likeness (QED) is 0.644. The second kappa shape index (κ2) is 5.78. The Morgan fingerprint density at radius 2 is 1.73 bits per heavy atom. The molecule has 2 heterocycles. The number of hydrogen-bond acceptors (Lipinski definition) is 2. The number of para-hydroxylation sites is 1. The number of benzene rings is 2. The average molecular weight is 303 g/mol. The SMILES string of the molecule is C1=[N+](c2ccccc2)CSc2c1cccc2-c1ccccn1. The summed E-state index contributed by atoms with van der Waals surface area (Å²) >= 11 is 1.87. The Bertz CT molecular complexity index is 827. The number of hydrogen-bond donors (Lipinski definition) is 0. The lowest BCUT2D eigenvalue weighted by atomic mass is 10.1. The van der Waals surface area contributed by atoms with Crippen LogP contribution >= 0.6 is 11.8 Å². The minimum Gasteiger partial charge on any atom is -0.256 e. The third-order valence-corrected chi connectivity index (χ3v) is 4.87. The number of pyridine rings is 1. The van der Waals surface area contributed by atoms with Gasteiger partial charge in [-0.25, -0.2) is 0 Å². The summed E-state index contributed by atoms with van der Waals surface area (Å²) in [6.07, 6.45) is 4.08. The van der Waals surface area contributed by atoms with Gasteiger partial charge < -0.3 is 0 Å². The average Bonchev–Trinajstić information content (AvgIpc) is 2.62. The molecule has 0 radical (unpaired) electrons. The number of fused-ring (bicyclic) bond motifs is 1. The van der Waals surface area contributed by atoms with E-state index in [0.717, 1.165) is 11.6 Å². The van der Waals surface area contributed by atoms with Gasteiger partial charge in [0.2, 0.25) is 5.69 Å². The molecule has 1 aliphatic heterocycles. The first-order valence-electron chi connectivity index (χ1n) is 7.25. The summed E-state index contributed by atoms with van der Waals surface area (Å²) in [5.74, 6) is 0.918. The van der Waals surface area contributed by atoms with Gasteiger partial charge >= 0.3 is 0 Å². The number of thioether (sulfide) groups is 1. The number of rotatable bonds is 2.